The Labute approximate surface area is 141 Å². The van der Waals surface area contributed by atoms with E-state index in [1.54, 1.807) is 10.8 Å². The molecular formula is C18H14F3N2O2+. The molecule has 1 N–H and O–H groups in total. The molecule has 2 aromatic carbocycles. The number of fused-ring (bicyclic) bond motifs is 1. The molecule has 0 saturated carbocycles. The van der Waals surface area contributed by atoms with E-state index in [9.17, 15) is 18.0 Å². The van der Waals surface area contributed by atoms with E-state index in [0.29, 0.717) is 5.69 Å². The van der Waals surface area contributed by atoms with Gasteiger partial charge < -0.3 is 10.1 Å². The van der Waals surface area contributed by atoms with Gasteiger partial charge in [-0.25, -0.2) is 0 Å². The molecule has 0 aliphatic rings. The van der Waals surface area contributed by atoms with Gasteiger partial charge in [0.2, 0.25) is 6.54 Å². The first-order chi connectivity index (χ1) is 11.9. The van der Waals surface area contributed by atoms with Gasteiger partial charge in [-0.05, 0) is 35.7 Å². The Kier molecular flexibility index (Phi) is 4.56. The molecule has 0 aliphatic carbocycles. The van der Waals surface area contributed by atoms with Gasteiger partial charge in [-0.1, -0.05) is 18.2 Å². The van der Waals surface area contributed by atoms with Crippen LogP contribution in [0, 0.1) is 0 Å². The molecule has 0 atom stereocenters. The maximum Gasteiger partial charge on any atom is 0.573 e. The van der Waals surface area contributed by atoms with Crippen molar-refractivity contribution in [1.29, 1.82) is 0 Å². The van der Waals surface area contributed by atoms with Crippen molar-refractivity contribution in [2.45, 2.75) is 12.9 Å². The zero-order valence-electron chi connectivity index (χ0n) is 13.0. The fraction of sp³-hybridized carbons (Fsp3) is 0.111. The molecule has 0 bridgehead atoms. The van der Waals surface area contributed by atoms with Crippen LogP contribution >= 0.6 is 0 Å². The number of carbonyl (C=O) groups excluding carboxylic acids is 1. The van der Waals surface area contributed by atoms with Crippen LogP contribution in [0.4, 0.5) is 18.9 Å². The van der Waals surface area contributed by atoms with E-state index in [2.05, 4.69) is 10.1 Å². The normalized spacial score (nSPS) is 11.3. The van der Waals surface area contributed by atoms with Gasteiger partial charge in [0, 0.05) is 17.1 Å². The fourth-order valence-corrected chi connectivity index (χ4v) is 2.38. The average molecular weight is 347 g/mol. The lowest BCUT2D eigenvalue weighted by Crippen LogP contribution is -2.39. The number of nitrogens with zero attached hydrogens (tertiary/aromatic N) is 1. The van der Waals surface area contributed by atoms with Crippen LogP contribution in [0.15, 0.2) is 67.0 Å². The third-order valence-electron chi connectivity index (χ3n) is 3.44. The monoisotopic (exact) mass is 347 g/mol. The second-order valence-electron chi connectivity index (χ2n) is 5.37. The molecule has 1 heterocycles. The van der Waals surface area contributed by atoms with E-state index < -0.39 is 6.36 Å². The summed E-state index contributed by atoms with van der Waals surface area (Å²) < 4.78 is 41.8. The van der Waals surface area contributed by atoms with Crippen molar-refractivity contribution in [1.82, 2.24) is 0 Å². The third-order valence-corrected chi connectivity index (χ3v) is 3.44. The van der Waals surface area contributed by atoms with E-state index in [4.69, 9.17) is 0 Å². The van der Waals surface area contributed by atoms with Gasteiger partial charge in [-0.3, -0.25) is 4.79 Å². The predicted octanol–water partition coefficient (Wildman–Crippen LogP) is 3.66. The van der Waals surface area contributed by atoms with Crippen molar-refractivity contribution in [3.63, 3.8) is 0 Å². The molecule has 0 fully saturated rings. The van der Waals surface area contributed by atoms with Crippen LogP contribution in [0.1, 0.15) is 0 Å². The number of amides is 1. The SMILES string of the molecule is O=C(C[n+]1ccc2ccccc2c1)Nc1ccc(OC(F)(F)F)cc1. The minimum atomic E-state index is -4.74. The lowest BCUT2D eigenvalue weighted by atomic mass is 10.2. The summed E-state index contributed by atoms with van der Waals surface area (Å²) >= 11 is 0. The molecular weight excluding hydrogens is 333 g/mol. The molecule has 3 aromatic rings. The number of carbonyl (C=O) groups is 1. The number of alkyl halides is 3. The summed E-state index contributed by atoms with van der Waals surface area (Å²) in [5.41, 5.74) is 0.390. The van der Waals surface area contributed by atoms with Crippen molar-refractivity contribution in [3.8, 4) is 5.75 Å². The highest BCUT2D eigenvalue weighted by Gasteiger charge is 2.30. The first kappa shape index (κ1) is 16.8. The molecule has 0 radical (unpaired) electrons. The minimum absolute atomic E-state index is 0.0889. The summed E-state index contributed by atoms with van der Waals surface area (Å²) in [6.45, 7) is 0.0889. The molecule has 128 valence electrons. The van der Waals surface area contributed by atoms with Crippen molar-refractivity contribution in [2.75, 3.05) is 5.32 Å². The Morgan fingerprint density at radius 2 is 1.68 bits per heavy atom. The van der Waals surface area contributed by atoms with Gasteiger partial charge in [0.1, 0.15) is 5.75 Å². The smallest absolute Gasteiger partial charge is 0.406 e. The highest BCUT2D eigenvalue weighted by molar-refractivity contribution is 5.89. The fourth-order valence-electron chi connectivity index (χ4n) is 2.38. The minimum Gasteiger partial charge on any atom is -0.406 e. The second kappa shape index (κ2) is 6.80. The molecule has 0 aliphatic heterocycles. The summed E-state index contributed by atoms with van der Waals surface area (Å²) in [6, 6.07) is 14.7. The molecule has 7 heteroatoms. The summed E-state index contributed by atoms with van der Waals surface area (Å²) in [5.74, 6) is -0.626. The maximum absolute atomic E-state index is 12.1. The quantitative estimate of drug-likeness (QED) is 0.732. The van der Waals surface area contributed by atoms with Crippen LogP contribution in [0.3, 0.4) is 0 Å². The molecule has 25 heavy (non-hydrogen) atoms. The molecule has 1 aromatic heterocycles. The zero-order valence-corrected chi connectivity index (χ0v) is 13.0. The Bertz CT molecular complexity index is 893. The van der Waals surface area contributed by atoms with Crippen molar-refractivity contribution < 1.29 is 27.3 Å². The molecule has 0 unspecified atom stereocenters. The largest absolute Gasteiger partial charge is 0.573 e. The number of anilines is 1. The number of nitrogens with one attached hydrogen (secondary N) is 1. The number of hydrogen-bond acceptors (Lipinski definition) is 2. The second-order valence-corrected chi connectivity index (χ2v) is 5.37. The van der Waals surface area contributed by atoms with Crippen LogP contribution in [0.25, 0.3) is 10.8 Å². The highest BCUT2D eigenvalue weighted by Crippen LogP contribution is 2.23. The Hall–Kier alpha value is -3.09. The van der Waals surface area contributed by atoms with Crippen LogP contribution in [-0.4, -0.2) is 12.3 Å². The third kappa shape index (κ3) is 4.69. The Morgan fingerprint density at radius 3 is 2.36 bits per heavy atom. The summed E-state index contributed by atoms with van der Waals surface area (Å²) in [7, 11) is 0. The van der Waals surface area contributed by atoms with E-state index in [1.807, 2.05) is 36.5 Å². The van der Waals surface area contributed by atoms with E-state index in [-0.39, 0.29) is 18.2 Å². The topological polar surface area (TPSA) is 42.2 Å². The maximum atomic E-state index is 12.1. The van der Waals surface area contributed by atoms with E-state index in [0.717, 1.165) is 22.9 Å². The lowest BCUT2D eigenvalue weighted by Gasteiger charge is -2.09. The van der Waals surface area contributed by atoms with Gasteiger partial charge >= 0.3 is 6.36 Å². The average Bonchev–Trinajstić information content (AvgIpc) is 2.55. The molecule has 0 saturated heterocycles. The summed E-state index contributed by atoms with van der Waals surface area (Å²) in [4.78, 5) is 12.1. The summed E-state index contributed by atoms with van der Waals surface area (Å²) in [6.07, 6.45) is -1.09. The van der Waals surface area contributed by atoms with E-state index >= 15 is 0 Å². The lowest BCUT2D eigenvalue weighted by molar-refractivity contribution is -0.682. The highest BCUT2D eigenvalue weighted by atomic mass is 19.4. The molecule has 3 rings (SSSR count). The summed E-state index contributed by atoms with van der Waals surface area (Å²) in [5, 5.41) is 4.71. The number of rotatable bonds is 4. The van der Waals surface area contributed by atoms with Crippen molar-refractivity contribution in [2.24, 2.45) is 0 Å². The first-order valence-electron chi connectivity index (χ1n) is 7.42. The van der Waals surface area contributed by atoms with Crippen LogP contribution < -0.4 is 14.6 Å². The van der Waals surface area contributed by atoms with Gasteiger partial charge in [-0.2, -0.15) is 4.57 Å². The Morgan fingerprint density at radius 1 is 1.00 bits per heavy atom. The van der Waals surface area contributed by atoms with Gasteiger partial charge in [0.25, 0.3) is 5.91 Å². The number of aromatic nitrogens is 1. The Balaban J connectivity index is 1.63. The molecule has 4 nitrogen and oxygen atoms in total. The number of ether oxygens (including phenoxy) is 1. The number of benzene rings is 2. The zero-order chi connectivity index (χ0) is 17.9. The van der Waals surface area contributed by atoms with Crippen LogP contribution in [0.2, 0.25) is 0 Å². The molecule has 1 amide bonds. The van der Waals surface area contributed by atoms with Crippen LogP contribution in [-0.2, 0) is 11.3 Å². The van der Waals surface area contributed by atoms with Gasteiger partial charge in [0.15, 0.2) is 12.4 Å². The standard InChI is InChI=1S/C18H13F3N2O2/c19-18(20,21)25-16-7-5-15(6-8-16)22-17(24)12-23-10-9-13-3-1-2-4-14(13)11-23/h1-11H,12H2/p+1. The predicted molar refractivity (Wildman–Crippen MR) is 85.9 cm³/mol. The van der Waals surface area contributed by atoms with Gasteiger partial charge in [-0.15, -0.1) is 13.2 Å². The van der Waals surface area contributed by atoms with E-state index in [1.165, 1.54) is 12.1 Å². The number of halogens is 3. The van der Waals surface area contributed by atoms with Gasteiger partial charge in [0.05, 0.1) is 0 Å². The first-order valence-corrected chi connectivity index (χ1v) is 7.42. The number of hydrogen-bond donors (Lipinski definition) is 1. The van der Waals surface area contributed by atoms with Crippen molar-refractivity contribution >= 4 is 22.4 Å². The molecule has 0 spiro atoms. The number of pyridine rings is 1. The van der Waals surface area contributed by atoms with Crippen molar-refractivity contribution in [3.05, 3.63) is 67.0 Å². The van der Waals surface area contributed by atoms with Crippen LogP contribution in [0.5, 0.6) is 5.75 Å².